The normalized spacial score (nSPS) is 22.8. The number of aromatic nitrogens is 1. The zero-order chi connectivity index (χ0) is 17.0. The maximum absolute atomic E-state index is 13.9. The Bertz CT molecular complexity index is 856. The van der Waals surface area contributed by atoms with Crippen LogP contribution in [0, 0.1) is 0 Å². The molecule has 2 aromatic rings. The Kier molecular flexibility index (Phi) is 3.93. The lowest BCUT2D eigenvalue weighted by molar-refractivity contribution is 0.173. The lowest BCUT2D eigenvalue weighted by Crippen LogP contribution is -2.30. The minimum Gasteiger partial charge on any atom is -0.439 e. The molecule has 0 saturated carbocycles. The first-order valence-electron chi connectivity index (χ1n) is 7.17. The summed E-state index contributed by atoms with van der Waals surface area (Å²) in [5.74, 6) is 0.394. The average Bonchev–Trinajstić information content (AvgIpc) is 3.03. The highest BCUT2D eigenvalue weighted by Crippen LogP contribution is 2.37. The summed E-state index contributed by atoms with van der Waals surface area (Å²) in [4.78, 5) is 4.12. The van der Waals surface area contributed by atoms with Crippen LogP contribution in [0.2, 0.25) is 5.02 Å². The van der Waals surface area contributed by atoms with Gasteiger partial charge in [-0.25, -0.2) is 17.8 Å². The zero-order valence-corrected chi connectivity index (χ0v) is 14.5. The van der Waals surface area contributed by atoms with E-state index in [0.717, 1.165) is 0 Å². The minimum atomic E-state index is -4.04. The topological polar surface area (TPSA) is 69.4 Å². The number of hydrogen-bond donors (Lipinski definition) is 0. The molecule has 0 spiro atoms. The van der Waals surface area contributed by atoms with Gasteiger partial charge in [0.25, 0.3) is 0 Å². The van der Waals surface area contributed by atoms with Gasteiger partial charge < -0.3 is 9.15 Å². The van der Waals surface area contributed by atoms with Gasteiger partial charge in [-0.15, -0.1) is 0 Å². The number of sulfone groups is 1. The molecule has 1 aliphatic heterocycles. The first kappa shape index (κ1) is 16.7. The second-order valence-electron chi connectivity index (χ2n) is 6.63. The second-order valence-corrected chi connectivity index (χ2v) is 9.14. The fraction of sp³-hybridized carbons (Fsp3) is 0.533. The van der Waals surface area contributed by atoms with Gasteiger partial charge >= 0.3 is 0 Å². The van der Waals surface area contributed by atoms with E-state index >= 15 is 0 Å². The molecule has 1 fully saturated rings. The third kappa shape index (κ3) is 2.75. The van der Waals surface area contributed by atoms with Crippen molar-refractivity contribution in [3.8, 4) is 0 Å². The fourth-order valence-corrected chi connectivity index (χ4v) is 4.73. The average molecular weight is 362 g/mol. The quantitative estimate of drug-likeness (QED) is 0.820. The molecule has 0 N–H and O–H groups in total. The van der Waals surface area contributed by atoms with Crippen LogP contribution in [0.3, 0.4) is 0 Å². The van der Waals surface area contributed by atoms with Crippen LogP contribution in [-0.4, -0.2) is 38.0 Å². The standard InChI is InChI=1S/C15H17ClFNO4S/c1-15(2,3)14-18-10-5-4-8(16)13(12(10)22-14)23(19,20)11-7-21-6-9(11)17/h4-5,9,11H,6-7H2,1-3H3/t9-,11-/m1/s1. The maximum atomic E-state index is 13.9. The molecule has 0 aliphatic carbocycles. The first-order valence-corrected chi connectivity index (χ1v) is 9.10. The Morgan fingerprint density at radius 3 is 2.57 bits per heavy atom. The molecule has 1 aromatic heterocycles. The fourth-order valence-electron chi connectivity index (χ4n) is 2.47. The van der Waals surface area contributed by atoms with E-state index in [1.807, 2.05) is 20.8 Å². The number of ether oxygens (including phenoxy) is 1. The highest BCUT2D eigenvalue weighted by molar-refractivity contribution is 7.92. The summed E-state index contributed by atoms with van der Waals surface area (Å²) in [6.45, 7) is 5.26. The molecule has 0 unspecified atom stereocenters. The maximum Gasteiger partial charge on any atom is 0.200 e. The molecule has 2 atom stereocenters. The third-order valence-electron chi connectivity index (χ3n) is 3.75. The van der Waals surface area contributed by atoms with Crippen molar-refractivity contribution in [2.24, 2.45) is 0 Å². The summed E-state index contributed by atoms with van der Waals surface area (Å²) < 4.78 is 50.2. The largest absolute Gasteiger partial charge is 0.439 e. The molecule has 0 amide bonds. The van der Waals surface area contributed by atoms with Crippen LogP contribution in [-0.2, 0) is 20.0 Å². The van der Waals surface area contributed by atoms with E-state index in [2.05, 4.69) is 4.98 Å². The van der Waals surface area contributed by atoms with Crippen LogP contribution in [0.1, 0.15) is 26.7 Å². The van der Waals surface area contributed by atoms with Crippen molar-refractivity contribution in [3.05, 3.63) is 23.0 Å². The van der Waals surface area contributed by atoms with Crippen LogP contribution < -0.4 is 0 Å². The van der Waals surface area contributed by atoms with Crippen molar-refractivity contribution in [1.82, 2.24) is 4.98 Å². The molecular weight excluding hydrogens is 345 g/mol. The number of oxazole rings is 1. The molecule has 3 rings (SSSR count). The van der Waals surface area contributed by atoms with Crippen LogP contribution in [0.4, 0.5) is 4.39 Å². The zero-order valence-electron chi connectivity index (χ0n) is 13.0. The molecule has 0 radical (unpaired) electrons. The van der Waals surface area contributed by atoms with E-state index in [-0.39, 0.29) is 28.7 Å². The Labute approximate surface area is 138 Å². The van der Waals surface area contributed by atoms with Gasteiger partial charge in [0.15, 0.2) is 15.4 Å². The minimum absolute atomic E-state index is 0.00629. The molecule has 2 heterocycles. The van der Waals surface area contributed by atoms with Crippen molar-refractivity contribution in [1.29, 1.82) is 0 Å². The third-order valence-corrected chi connectivity index (χ3v) is 6.38. The van der Waals surface area contributed by atoms with Gasteiger partial charge in [0.2, 0.25) is 5.89 Å². The molecule has 0 bridgehead atoms. The second kappa shape index (κ2) is 5.43. The van der Waals surface area contributed by atoms with E-state index in [4.69, 9.17) is 20.8 Å². The van der Waals surface area contributed by atoms with Crippen LogP contribution in [0.25, 0.3) is 11.1 Å². The van der Waals surface area contributed by atoms with Gasteiger partial charge in [0.05, 0.1) is 18.2 Å². The number of hydrogen-bond acceptors (Lipinski definition) is 5. The predicted molar refractivity (Wildman–Crippen MR) is 84.4 cm³/mol. The summed E-state index contributed by atoms with van der Waals surface area (Å²) in [6, 6.07) is 3.03. The van der Waals surface area contributed by atoms with Crippen molar-refractivity contribution in [2.75, 3.05) is 13.2 Å². The monoisotopic (exact) mass is 361 g/mol. The summed E-state index contributed by atoms with van der Waals surface area (Å²) in [5.41, 5.74) is 0.0553. The van der Waals surface area contributed by atoms with Crippen LogP contribution >= 0.6 is 11.6 Å². The number of nitrogens with zero attached hydrogens (tertiary/aromatic N) is 1. The lowest BCUT2D eigenvalue weighted by Gasteiger charge is -2.14. The summed E-state index contributed by atoms with van der Waals surface area (Å²) in [5, 5.41) is -1.29. The lowest BCUT2D eigenvalue weighted by atomic mass is 9.97. The number of halogens is 2. The van der Waals surface area contributed by atoms with Crippen molar-refractivity contribution >= 4 is 32.5 Å². The number of fused-ring (bicyclic) bond motifs is 1. The number of alkyl halides is 1. The molecular formula is C15H17ClFNO4S. The molecule has 1 saturated heterocycles. The SMILES string of the molecule is CC(C)(C)c1nc2ccc(Cl)c(S(=O)(=O)[C@@H]3COC[C@H]3F)c2o1. The van der Waals surface area contributed by atoms with E-state index in [1.165, 1.54) is 6.07 Å². The van der Waals surface area contributed by atoms with Crippen molar-refractivity contribution in [2.45, 2.75) is 42.5 Å². The van der Waals surface area contributed by atoms with E-state index in [0.29, 0.717) is 11.4 Å². The molecule has 8 heteroatoms. The Morgan fingerprint density at radius 2 is 2.00 bits per heavy atom. The Morgan fingerprint density at radius 1 is 1.30 bits per heavy atom. The van der Waals surface area contributed by atoms with Gasteiger partial charge in [-0.2, -0.15) is 0 Å². The van der Waals surface area contributed by atoms with E-state index < -0.39 is 26.7 Å². The molecule has 1 aromatic carbocycles. The van der Waals surface area contributed by atoms with E-state index in [9.17, 15) is 12.8 Å². The highest BCUT2D eigenvalue weighted by atomic mass is 35.5. The summed E-state index contributed by atoms with van der Waals surface area (Å²) in [6.07, 6.45) is -1.59. The first-order chi connectivity index (χ1) is 10.6. The van der Waals surface area contributed by atoms with Crippen molar-refractivity contribution in [3.63, 3.8) is 0 Å². The van der Waals surface area contributed by atoms with Crippen LogP contribution in [0.15, 0.2) is 21.4 Å². The smallest absolute Gasteiger partial charge is 0.200 e. The molecule has 126 valence electrons. The molecule has 23 heavy (non-hydrogen) atoms. The summed E-state index contributed by atoms with van der Waals surface area (Å²) in [7, 11) is -4.04. The number of rotatable bonds is 2. The van der Waals surface area contributed by atoms with Gasteiger partial charge in [-0.1, -0.05) is 32.4 Å². The van der Waals surface area contributed by atoms with Gasteiger partial charge in [0, 0.05) is 5.41 Å². The van der Waals surface area contributed by atoms with Gasteiger partial charge in [-0.05, 0) is 12.1 Å². The van der Waals surface area contributed by atoms with E-state index in [1.54, 1.807) is 6.07 Å². The highest BCUT2D eigenvalue weighted by Gasteiger charge is 2.42. The Hall–Kier alpha value is -1.18. The number of benzene rings is 1. The molecule has 1 aliphatic rings. The van der Waals surface area contributed by atoms with Crippen LogP contribution in [0.5, 0.6) is 0 Å². The Balaban J connectivity index is 2.24. The predicted octanol–water partition coefficient (Wildman–Crippen LogP) is 3.29. The van der Waals surface area contributed by atoms with Crippen molar-refractivity contribution < 1.29 is 22.0 Å². The van der Waals surface area contributed by atoms with Gasteiger partial charge in [0.1, 0.15) is 21.8 Å². The molecule has 5 nitrogen and oxygen atoms in total. The summed E-state index contributed by atoms with van der Waals surface area (Å²) >= 11 is 6.11. The van der Waals surface area contributed by atoms with Gasteiger partial charge in [-0.3, -0.25) is 0 Å².